The van der Waals surface area contributed by atoms with E-state index in [0.29, 0.717) is 28.3 Å². The van der Waals surface area contributed by atoms with Crippen LogP contribution in [0.15, 0.2) is 66.7 Å². The van der Waals surface area contributed by atoms with Crippen LogP contribution < -0.4 is 4.90 Å². The molecule has 1 amide bonds. The largest absolute Gasteiger partial charge is 0.478 e. The number of nitrogens with zero attached hydrogens (tertiary/aromatic N) is 1. The van der Waals surface area contributed by atoms with Crippen LogP contribution in [-0.2, 0) is 16.8 Å². The molecule has 1 spiro atoms. The van der Waals surface area contributed by atoms with Crippen molar-refractivity contribution < 1.29 is 19.1 Å². The highest BCUT2D eigenvalue weighted by atomic mass is 35.5. The van der Waals surface area contributed by atoms with Crippen LogP contribution >= 0.6 is 11.6 Å². The molecule has 150 valence electrons. The Morgan fingerprint density at radius 1 is 1.13 bits per heavy atom. The van der Waals surface area contributed by atoms with Crippen molar-refractivity contribution >= 4 is 29.2 Å². The Morgan fingerprint density at radius 2 is 1.90 bits per heavy atom. The lowest BCUT2D eigenvalue weighted by atomic mass is 9.92. The van der Waals surface area contributed by atoms with Gasteiger partial charge in [-0.15, -0.1) is 0 Å². The van der Waals surface area contributed by atoms with Gasteiger partial charge in [0.1, 0.15) is 5.82 Å². The molecule has 1 aliphatic carbocycles. The lowest BCUT2D eigenvalue weighted by Crippen LogP contribution is -2.32. The maximum atomic E-state index is 14.1. The molecule has 1 N–H and O–H groups in total. The van der Waals surface area contributed by atoms with Gasteiger partial charge in [-0.2, -0.15) is 0 Å². The smallest absolute Gasteiger partial charge is 0.335 e. The maximum Gasteiger partial charge on any atom is 0.335 e. The quantitative estimate of drug-likeness (QED) is 0.633. The third kappa shape index (κ3) is 2.81. The molecule has 0 unspecified atom stereocenters. The Bertz CT molecular complexity index is 1190. The van der Waals surface area contributed by atoms with Crippen molar-refractivity contribution in [3.8, 4) is 0 Å². The van der Waals surface area contributed by atoms with E-state index in [1.54, 1.807) is 41.3 Å². The van der Waals surface area contributed by atoms with Gasteiger partial charge in [0.05, 0.1) is 17.5 Å². The SMILES string of the molecule is O=C(O)c1cccc(CN2C(=O)[C@@]3(C[C@H]3c3ccc(Cl)cc3)c3cc(F)ccc32)c1. The van der Waals surface area contributed by atoms with Gasteiger partial charge in [0, 0.05) is 16.6 Å². The first kappa shape index (κ1) is 18.8. The van der Waals surface area contributed by atoms with Crippen LogP contribution in [-0.4, -0.2) is 17.0 Å². The topological polar surface area (TPSA) is 57.6 Å². The van der Waals surface area contributed by atoms with Gasteiger partial charge in [0.2, 0.25) is 5.91 Å². The fourth-order valence-corrected chi connectivity index (χ4v) is 4.73. The zero-order valence-corrected chi connectivity index (χ0v) is 16.6. The van der Waals surface area contributed by atoms with E-state index >= 15 is 0 Å². The van der Waals surface area contributed by atoms with Gasteiger partial charge in [-0.3, -0.25) is 4.79 Å². The van der Waals surface area contributed by atoms with Gasteiger partial charge in [0.15, 0.2) is 0 Å². The summed E-state index contributed by atoms with van der Waals surface area (Å²) in [6.45, 7) is 0.230. The molecule has 6 heteroatoms. The third-order valence-corrected chi connectivity index (χ3v) is 6.36. The van der Waals surface area contributed by atoms with Crippen LogP contribution in [0.4, 0.5) is 10.1 Å². The molecule has 30 heavy (non-hydrogen) atoms. The van der Waals surface area contributed by atoms with Crippen molar-refractivity contribution in [2.24, 2.45) is 0 Å². The summed E-state index contributed by atoms with van der Waals surface area (Å²) in [5, 5.41) is 9.87. The summed E-state index contributed by atoms with van der Waals surface area (Å²) in [5.41, 5.74) is 2.46. The minimum atomic E-state index is -1.02. The van der Waals surface area contributed by atoms with Crippen molar-refractivity contribution in [2.75, 3.05) is 4.90 Å². The van der Waals surface area contributed by atoms with Crippen LogP contribution in [0.1, 0.15) is 39.4 Å². The zero-order valence-electron chi connectivity index (χ0n) is 15.8. The molecule has 2 atom stereocenters. The van der Waals surface area contributed by atoms with E-state index in [0.717, 1.165) is 5.56 Å². The number of halogens is 2. The highest BCUT2D eigenvalue weighted by Gasteiger charge is 2.67. The fourth-order valence-electron chi connectivity index (χ4n) is 4.60. The van der Waals surface area contributed by atoms with E-state index in [1.807, 2.05) is 12.1 Å². The Morgan fingerprint density at radius 3 is 2.63 bits per heavy atom. The van der Waals surface area contributed by atoms with Crippen molar-refractivity contribution in [2.45, 2.75) is 24.3 Å². The first-order valence-corrected chi connectivity index (χ1v) is 9.97. The van der Waals surface area contributed by atoms with Crippen LogP contribution in [0.5, 0.6) is 0 Å². The standard InChI is InChI=1S/C24H17ClFNO3/c25-17-6-4-15(5-7-17)20-12-24(20)19-11-18(26)8-9-21(19)27(23(24)30)13-14-2-1-3-16(10-14)22(28)29/h1-11,20H,12-13H2,(H,28,29)/t20-,24-/m0/s1. The van der Waals surface area contributed by atoms with Gasteiger partial charge >= 0.3 is 5.97 Å². The molecule has 1 aliphatic heterocycles. The monoisotopic (exact) mass is 421 g/mol. The number of carbonyl (C=O) groups is 2. The lowest BCUT2D eigenvalue weighted by Gasteiger charge is -2.19. The number of carboxylic acids is 1. The second kappa shape index (κ2) is 6.67. The molecule has 0 aromatic heterocycles. The minimum absolute atomic E-state index is 0.0434. The van der Waals surface area contributed by atoms with Crippen LogP contribution in [0.25, 0.3) is 0 Å². The summed E-state index contributed by atoms with van der Waals surface area (Å²) < 4.78 is 14.1. The molecule has 1 fully saturated rings. The van der Waals surface area contributed by atoms with Crippen LogP contribution in [0, 0.1) is 5.82 Å². The molecule has 3 aromatic carbocycles. The summed E-state index contributed by atoms with van der Waals surface area (Å²) in [7, 11) is 0. The molecular weight excluding hydrogens is 405 g/mol. The number of fused-ring (bicyclic) bond motifs is 2. The minimum Gasteiger partial charge on any atom is -0.478 e. The fraction of sp³-hybridized carbons (Fsp3) is 0.167. The summed E-state index contributed by atoms with van der Waals surface area (Å²) in [5.74, 6) is -1.52. The number of anilines is 1. The Kier molecular flexibility index (Phi) is 4.19. The predicted octanol–water partition coefficient (Wildman–Crippen LogP) is 5.15. The highest BCUT2D eigenvalue weighted by molar-refractivity contribution is 6.30. The van der Waals surface area contributed by atoms with Crippen molar-refractivity contribution in [1.82, 2.24) is 0 Å². The molecule has 3 aromatic rings. The van der Waals surface area contributed by atoms with Gasteiger partial charge in [-0.25, -0.2) is 9.18 Å². The molecular formula is C24H17ClFNO3. The van der Waals surface area contributed by atoms with Crippen LogP contribution in [0.2, 0.25) is 5.02 Å². The maximum absolute atomic E-state index is 14.1. The van der Waals surface area contributed by atoms with Crippen molar-refractivity contribution in [1.29, 1.82) is 0 Å². The first-order valence-electron chi connectivity index (χ1n) is 9.60. The number of rotatable bonds is 4. The number of amides is 1. The third-order valence-electron chi connectivity index (χ3n) is 6.10. The van der Waals surface area contributed by atoms with E-state index < -0.39 is 11.4 Å². The molecule has 1 saturated carbocycles. The normalized spacial score (nSPS) is 21.7. The van der Waals surface area contributed by atoms with E-state index in [-0.39, 0.29) is 29.8 Å². The average molecular weight is 422 g/mol. The van der Waals surface area contributed by atoms with Gasteiger partial charge in [-0.1, -0.05) is 35.9 Å². The molecule has 0 saturated heterocycles. The lowest BCUT2D eigenvalue weighted by molar-refractivity contribution is -0.120. The molecule has 1 heterocycles. The molecule has 2 aliphatic rings. The van der Waals surface area contributed by atoms with E-state index in [2.05, 4.69) is 0 Å². The Hall–Kier alpha value is -3.18. The van der Waals surface area contributed by atoms with Crippen molar-refractivity contribution in [3.05, 3.63) is 99.8 Å². The van der Waals surface area contributed by atoms with E-state index in [4.69, 9.17) is 11.6 Å². The van der Waals surface area contributed by atoms with Gasteiger partial charge in [0.25, 0.3) is 0 Å². The Balaban J connectivity index is 1.54. The molecule has 0 bridgehead atoms. The Labute approximate surface area is 177 Å². The molecule has 5 rings (SSSR count). The summed E-state index contributed by atoms with van der Waals surface area (Å²) in [6.07, 6.45) is 0.607. The summed E-state index contributed by atoms with van der Waals surface area (Å²) in [4.78, 5) is 26.5. The second-order valence-electron chi connectivity index (χ2n) is 7.84. The first-order chi connectivity index (χ1) is 14.4. The average Bonchev–Trinajstić information content (AvgIpc) is 3.45. The number of benzene rings is 3. The second-order valence-corrected chi connectivity index (χ2v) is 8.27. The van der Waals surface area contributed by atoms with Gasteiger partial charge < -0.3 is 10.0 Å². The summed E-state index contributed by atoms with van der Waals surface area (Å²) in [6, 6.07) is 18.4. The number of aromatic carboxylic acids is 1. The summed E-state index contributed by atoms with van der Waals surface area (Å²) >= 11 is 6.00. The number of hydrogen-bond acceptors (Lipinski definition) is 2. The van der Waals surface area contributed by atoms with Gasteiger partial charge in [-0.05, 0) is 65.6 Å². The van der Waals surface area contributed by atoms with E-state index in [9.17, 15) is 19.1 Å². The highest BCUT2D eigenvalue weighted by Crippen LogP contribution is 2.66. The van der Waals surface area contributed by atoms with Crippen LogP contribution in [0.3, 0.4) is 0 Å². The molecule has 0 radical (unpaired) electrons. The van der Waals surface area contributed by atoms with E-state index in [1.165, 1.54) is 18.2 Å². The molecule has 4 nitrogen and oxygen atoms in total. The van der Waals surface area contributed by atoms with Crippen molar-refractivity contribution in [3.63, 3.8) is 0 Å². The number of hydrogen-bond donors (Lipinski definition) is 1. The number of carbonyl (C=O) groups excluding carboxylic acids is 1. The zero-order chi connectivity index (χ0) is 21.0. The number of carboxylic acid groups (broad SMARTS) is 1. The predicted molar refractivity (Wildman–Crippen MR) is 111 cm³/mol.